The molecule has 0 unspecified atom stereocenters. The van der Waals surface area contributed by atoms with Crippen LogP contribution in [0.1, 0.15) is 19.3 Å². The van der Waals surface area contributed by atoms with Crippen molar-refractivity contribution in [3.8, 4) is 5.75 Å². The first-order valence-corrected chi connectivity index (χ1v) is 6.55. The lowest BCUT2D eigenvalue weighted by Gasteiger charge is -2.09. The summed E-state index contributed by atoms with van der Waals surface area (Å²) < 4.78 is 5.68. The monoisotopic (exact) mass is 238 g/mol. The SMILES string of the molecule is CSc1ccccc1OCCCCC(=N)N. The van der Waals surface area contributed by atoms with Gasteiger partial charge in [0, 0.05) is 11.3 Å². The van der Waals surface area contributed by atoms with Crippen molar-refractivity contribution in [1.82, 2.24) is 0 Å². The van der Waals surface area contributed by atoms with E-state index in [0.29, 0.717) is 13.0 Å². The molecule has 0 aliphatic carbocycles. The van der Waals surface area contributed by atoms with Crippen LogP contribution in [0.2, 0.25) is 0 Å². The Hall–Kier alpha value is -1.16. The predicted molar refractivity (Wildman–Crippen MR) is 69.5 cm³/mol. The highest BCUT2D eigenvalue weighted by molar-refractivity contribution is 7.98. The second-order valence-corrected chi connectivity index (χ2v) is 4.33. The molecule has 0 aromatic heterocycles. The van der Waals surface area contributed by atoms with Crippen LogP contribution < -0.4 is 10.5 Å². The highest BCUT2D eigenvalue weighted by Crippen LogP contribution is 2.26. The van der Waals surface area contributed by atoms with Crippen LogP contribution in [-0.4, -0.2) is 18.7 Å². The van der Waals surface area contributed by atoms with Gasteiger partial charge in [0.1, 0.15) is 5.75 Å². The van der Waals surface area contributed by atoms with Crippen molar-refractivity contribution in [3.63, 3.8) is 0 Å². The number of amidine groups is 1. The first kappa shape index (κ1) is 12.9. The summed E-state index contributed by atoms with van der Waals surface area (Å²) >= 11 is 1.68. The molecular formula is C12H18N2OS. The molecule has 0 fully saturated rings. The average Bonchev–Trinajstić information content (AvgIpc) is 2.29. The van der Waals surface area contributed by atoms with Gasteiger partial charge in [-0.25, -0.2) is 0 Å². The maximum atomic E-state index is 7.09. The predicted octanol–water partition coefficient (Wildman–Crippen LogP) is 2.89. The molecule has 3 N–H and O–H groups in total. The fourth-order valence-electron chi connectivity index (χ4n) is 1.34. The zero-order valence-corrected chi connectivity index (χ0v) is 10.3. The van der Waals surface area contributed by atoms with Gasteiger partial charge in [-0.2, -0.15) is 0 Å². The van der Waals surface area contributed by atoms with Gasteiger partial charge in [0.05, 0.1) is 12.4 Å². The molecule has 1 aromatic carbocycles. The van der Waals surface area contributed by atoms with Gasteiger partial charge in [0.25, 0.3) is 0 Å². The third-order valence-corrected chi connectivity index (χ3v) is 2.94. The van der Waals surface area contributed by atoms with Crippen LogP contribution in [0, 0.1) is 5.41 Å². The standard InChI is InChI=1S/C12H18N2OS/c1-16-11-7-3-2-6-10(11)15-9-5-4-8-12(13)14/h2-3,6-7H,4-5,8-9H2,1H3,(H3,13,14). The molecule has 88 valence electrons. The zero-order chi connectivity index (χ0) is 11.8. The Kier molecular flexibility index (Phi) is 5.78. The van der Waals surface area contributed by atoms with E-state index in [9.17, 15) is 0 Å². The van der Waals surface area contributed by atoms with Crippen molar-refractivity contribution in [2.45, 2.75) is 24.2 Å². The topological polar surface area (TPSA) is 59.1 Å². The molecule has 0 atom stereocenters. The second kappa shape index (κ2) is 7.17. The number of para-hydroxylation sites is 1. The van der Waals surface area contributed by atoms with Crippen molar-refractivity contribution in [1.29, 1.82) is 5.41 Å². The van der Waals surface area contributed by atoms with E-state index in [1.807, 2.05) is 24.5 Å². The second-order valence-electron chi connectivity index (χ2n) is 3.48. The Balaban J connectivity index is 2.28. The van der Waals surface area contributed by atoms with Crippen molar-refractivity contribution in [2.24, 2.45) is 5.73 Å². The molecule has 4 heteroatoms. The Morgan fingerprint density at radius 2 is 2.12 bits per heavy atom. The lowest BCUT2D eigenvalue weighted by Crippen LogP contribution is -2.09. The van der Waals surface area contributed by atoms with Gasteiger partial charge >= 0.3 is 0 Å². The van der Waals surface area contributed by atoms with Crippen LogP contribution in [0.5, 0.6) is 5.75 Å². The Morgan fingerprint density at radius 3 is 2.81 bits per heavy atom. The Labute approximate surface area is 101 Å². The van der Waals surface area contributed by atoms with Gasteiger partial charge in [0.2, 0.25) is 0 Å². The summed E-state index contributed by atoms with van der Waals surface area (Å²) in [6.45, 7) is 0.685. The molecular weight excluding hydrogens is 220 g/mol. The number of benzene rings is 1. The van der Waals surface area contributed by atoms with Gasteiger partial charge in [-0.1, -0.05) is 12.1 Å². The fourth-order valence-corrected chi connectivity index (χ4v) is 1.88. The average molecular weight is 238 g/mol. The number of nitrogens with two attached hydrogens (primary N) is 1. The summed E-state index contributed by atoms with van der Waals surface area (Å²) in [5, 5.41) is 7.09. The van der Waals surface area contributed by atoms with Gasteiger partial charge in [0.15, 0.2) is 0 Å². The summed E-state index contributed by atoms with van der Waals surface area (Å²) in [6.07, 6.45) is 4.55. The van der Waals surface area contributed by atoms with Crippen LogP contribution in [0.3, 0.4) is 0 Å². The first-order chi connectivity index (χ1) is 7.74. The normalized spacial score (nSPS) is 10.1. The van der Waals surface area contributed by atoms with Crippen LogP contribution in [0.4, 0.5) is 0 Å². The Bertz CT molecular complexity index is 342. The molecule has 0 spiro atoms. The van der Waals surface area contributed by atoms with Crippen LogP contribution in [0.15, 0.2) is 29.2 Å². The molecule has 0 aliphatic heterocycles. The van der Waals surface area contributed by atoms with Gasteiger partial charge in [-0.15, -0.1) is 11.8 Å². The maximum absolute atomic E-state index is 7.09. The number of ether oxygens (including phenoxy) is 1. The lowest BCUT2D eigenvalue weighted by molar-refractivity contribution is 0.301. The largest absolute Gasteiger partial charge is 0.492 e. The van der Waals surface area contributed by atoms with Crippen molar-refractivity contribution in [3.05, 3.63) is 24.3 Å². The highest BCUT2D eigenvalue weighted by atomic mass is 32.2. The van der Waals surface area contributed by atoms with E-state index in [0.717, 1.165) is 23.5 Å². The van der Waals surface area contributed by atoms with Crippen molar-refractivity contribution >= 4 is 17.6 Å². The Morgan fingerprint density at radius 1 is 1.38 bits per heavy atom. The summed E-state index contributed by atoms with van der Waals surface area (Å²) in [5.41, 5.74) is 5.27. The van der Waals surface area contributed by atoms with E-state index in [-0.39, 0.29) is 5.84 Å². The van der Waals surface area contributed by atoms with Crippen LogP contribution in [0.25, 0.3) is 0 Å². The molecule has 3 nitrogen and oxygen atoms in total. The number of unbranched alkanes of at least 4 members (excludes halogenated alkanes) is 1. The number of hydrogen-bond donors (Lipinski definition) is 2. The van der Waals surface area contributed by atoms with Crippen molar-refractivity contribution < 1.29 is 4.74 Å². The maximum Gasteiger partial charge on any atom is 0.132 e. The van der Waals surface area contributed by atoms with Gasteiger partial charge in [-0.3, -0.25) is 5.41 Å². The molecule has 0 aliphatic rings. The smallest absolute Gasteiger partial charge is 0.132 e. The van der Waals surface area contributed by atoms with E-state index >= 15 is 0 Å². The minimum absolute atomic E-state index is 0.254. The van der Waals surface area contributed by atoms with E-state index < -0.39 is 0 Å². The summed E-state index contributed by atoms with van der Waals surface area (Å²) in [4.78, 5) is 1.16. The molecule has 0 saturated carbocycles. The third kappa shape index (κ3) is 4.57. The summed E-state index contributed by atoms with van der Waals surface area (Å²) in [5.74, 6) is 1.20. The zero-order valence-electron chi connectivity index (χ0n) is 9.53. The summed E-state index contributed by atoms with van der Waals surface area (Å²) in [6, 6.07) is 8.02. The van der Waals surface area contributed by atoms with Crippen LogP contribution >= 0.6 is 11.8 Å². The highest BCUT2D eigenvalue weighted by Gasteiger charge is 2.00. The number of thioether (sulfide) groups is 1. The van der Waals surface area contributed by atoms with Crippen molar-refractivity contribution in [2.75, 3.05) is 12.9 Å². The number of hydrogen-bond acceptors (Lipinski definition) is 3. The third-order valence-electron chi connectivity index (χ3n) is 2.17. The number of rotatable bonds is 7. The molecule has 1 rings (SSSR count). The van der Waals surface area contributed by atoms with E-state index in [4.69, 9.17) is 15.9 Å². The van der Waals surface area contributed by atoms with E-state index in [1.165, 1.54) is 0 Å². The lowest BCUT2D eigenvalue weighted by atomic mass is 10.2. The van der Waals surface area contributed by atoms with E-state index in [1.54, 1.807) is 11.8 Å². The molecule has 0 saturated heterocycles. The van der Waals surface area contributed by atoms with Crippen LogP contribution in [-0.2, 0) is 0 Å². The molecule has 1 aromatic rings. The molecule has 0 amide bonds. The van der Waals surface area contributed by atoms with Gasteiger partial charge < -0.3 is 10.5 Å². The summed E-state index contributed by atoms with van der Waals surface area (Å²) in [7, 11) is 0. The minimum atomic E-state index is 0.254. The van der Waals surface area contributed by atoms with E-state index in [2.05, 4.69) is 6.07 Å². The number of nitrogens with one attached hydrogen (secondary N) is 1. The molecule has 0 bridgehead atoms. The quantitative estimate of drug-likeness (QED) is 0.332. The van der Waals surface area contributed by atoms with Gasteiger partial charge in [-0.05, 0) is 31.2 Å². The minimum Gasteiger partial charge on any atom is -0.492 e. The molecule has 0 radical (unpaired) electrons. The fraction of sp³-hybridized carbons (Fsp3) is 0.417. The molecule has 0 heterocycles. The first-order valence-electron chi connectivity index (χ1n) is 5.32. The molecule has 16 heavy (non-hydrogen) atoms.